The summed E-state index contributed by atoms with van der Waals surface area (Å²) in [6.07, 6.45) is 2.79. The van der Waals surface area contributed by atoms with E-state index in [-0.39, 0.29) is 11.2 Å². The topological polar surface area (TPSA) is 26.0 Å². The van der Waals surface area contributed by atoms with E-state index in [1.807, 2.05) is 6.07 Å². The van der Waals surface area contributed by atoms with Crippen LogP contribution in [0.3, 0.4) is 0 Å². The Labute approximate surface area is 89.8 Å². The third kappa shape index (κ3) is 1.59. The maximum Gasteiger partial charge on any atom is 0.127 e. The fraction of sp³-hybridized carbons (Fsp3) is 0.385. The molecule has 0 saturated carbocycles. The Morgan fingerprint density at radius 1 is 1.40 bits per heavy atom. The van der Waals surface area contributed by atoms with Crippen LogP contribution in [0.4, 0.5) is 4.39 Å². The summed E-state index contributed by atoms with van der Waals surface area (Å²) >= 11 is 0. The van der Waals surface area contributed by atoms with Gasteiger partial charge < -0.3 is 5.73 Å². The van der Waals surface area contributed by atoms with Gasteiger partial charge in [0.1, 0.15) is 5.82 Å². The minimum absolute atomic E-state index is 0.0704. The lowest BCUT2D eigenvalue weighted by atomic mass is 9.81. The summed E-state index contributed by atoms with van der Waals surface area (Å²) in [6, 6.07) is 5.26. The van der Waals surface area contributed by atoms with Crippen LogP contribution < -0.4 is 5.73 Å². The number of hydrogen-bond acceptors (Lipinski definition) is 1. The molecule has 1 aliphatic carbocycles. The Morgan fingerprint density at radius 2 is 2.13 bits per heavy atom. The van der Waals surface area contributed by atoms with Crippen LogP contribution in [0.5, 0.6) is 0 Å². The first-order valence-electron chi connectivity index (χ1n) is 5.25. The highest BCUT2D eigenvalue weighted by Gasteiger charge is 2.28. The van der Waals surface area contributed by atoms with Crippen molar-refractivity contribution in [2.24, 2.45) is 11.1 Å². The molecule has 0 saturated heterocycles. The van der Waals surface area contributed by atoms with Crippen molar-refractivity contribution in [1.82, 2.24) is 0 Å². The zero-order valence-corrected chi connectivity index (χ0v) is 9.18. The van der Waals surface area contributed by atoms with Crippen molar-refractivity contribution in [3.63, 3.8) is 0 Å². The predicted octanol–water partition coefficient (Wildman–Crippen LogP) is 2.75. The predicted molar refractivity (Wildman–Crippen MR) is 60.9 cm³/mol. The van der Waals surface area contributed by atoms with Crippen LogP contribution in [0.2, 0.25) is 0 Å². The first-order valence-corrected chi connectivity index (χ1v) is 5.25. The Morgan fingerprint density at radius 3 is 2.80 bits per heavy atom. The molecule has 1 aromatic carbocycles. The maximum atomic E-state index is 13.5. The summed E-state index contributed by atoms with van der Waals surface area (Å²) in [7, 11) is 0. The van der Waals surface area contributed by atoms with Gasteiger partial charge in [0.25, 0.3) is 0 Å². The van der Waals surface area contributed by atoms with Crippen molar-refractivity contribution in [2.45, 2.75) is 20.3 Å². The molecular formula is C13H16FN. The van der Waals surface area contributed by atoms with Crippen molar-refractivity contribution in [1.29, 1.82) is 0 Å². The highest BCUT2D eigenvalue weighted by molar-refractivity contribution is 5.76. The van der Waals surface area contributed by atoms with Crippen molar-refractivity contribution >= 4 is 5.57 Å². The fourth-order valence-electron chi connectivity index (χ4n) is 2.08. The molecule has 0 atom stereocenters. The second-order valence-electron chi connectivity index (χ2n) is 4.68. The van der Waals surface area contributed by atoms with Crippen LogP contribution in [-0.2, 0) is 6.42 Å². The lowest BCUT2D eigenvalue weighted by molar-refractivity contribution is 0.516. The van der Waals surface area contributed by atoms with Gasteiger partial charge in [-0.2, -0.15) is 0 Å². The number of hydrogen-bond donors (Lipinski definition) is 1. The van der Waals surface area contributed by atoms with E-state index in [0.717, 1.165) is 11.1 Å². The molecule has 0 radical (unpaired) electrons. The molecule has 2 rings (SSSR count). The molecule has 0 amide bonds. The zero-order chi connectivity index (χ0) is 11.1. The lowest BCUT2D eigenvalue weighted by Crippen LogP contribution is -2.24. The fourth-order valence-corrected chi connectivity index (χ4v) is 2.08. The number of benzene rings is 1. The highest BCUT2D eigenvalue weighted by Crippen LogP contribution is 2.40. The molecule has 2 N–H and O–H groups in total. The lowest BCUT2D eigenvalue weighted by Gasteiger charge is -2.25. The quantitative estimate of drug-likeness (QED) is 0.789. The largest absolute Gasteiger partial charge is 0.330 e. The summed E-state index contributed by atoms with van der Waals surface area (Å²) in [4.78, 5) is 0. The van der Waals surface area contributed by atoms with Gasteiger partial charge in [0.05, 0.1) is 0 Å². The Hall–Kier alpha value is -1.15. The van der Waals surface area contributed by atoms with Crippen LogP contribution >= 0.6 is 0 Å². The first kappa shape index (κ1) is 10.4. The minimum atomic E-state index is -0.105. The summed E-state index contributed by atoms with van der Waals surface area (Å²) in [5.41, 5.74) is 8.70. The second-order valence-corrected chi connectivity index (χ2v) is 4.68. The Kier molecular flexibility index (Phi) is 2.39. The van der Waals surface area contributed by atoms with Crippen LogP contribution in [-0.4, -0.2) is 6.54 Å². The van der Waals surface area contributed by atoms with Crippen molar-refractivity contribution in [2.75, 3.05) is 6.54 Å². The van der Waals surface area contributed by atoms with Crippen LogP contribution in [0, 0.1) is 11.2 Å². The van der Waals surface area contributed by atoms with E-state index in [1.165, 1.54) is 11.6 Å². The summed E-state index contributed by atoms with van der Waals surface area (Å²) < 4.78 is 13.5. The standard InChI is InChI=1S/C13H16FN/c1-13(2,8-15)11-7-6-10-9(11)4-3-5-12(10)14/h3-5,7H,6,8,15H2,1-2H3. The molecule has 0 unspecified atom stereocenters. The molecule has 15 heavy (non-hydrogen) atoms. The van der Waals surface area contributed by atoms with Crippen LogP contribution in [0.25, 0.3) is 5.57 Å². The Bertz CT molecular complexity index is 419. The van der Waals surface area contributed by atoms with Crippen LogP contribution in [0.1, 0.15) is 25.0 Å². The third-order valence-corrected chi connectivity index (χ3v) is 3.16. The van der Waals surface area contributed by atoms with E-state index < -0.39 is 0 Å². The van der Waals surface area contributed by atoms with E-state index in [2.05, 4.69) is 19.9 Å². The second kappa shape index (κ2) is 3.46. The van der Waals surface area contributed by atoms with E-state index in [9.17, 15) is 4.39 Å². The monoisotopic (exact) mass is 205 g/mol. The van der Waals surface area contributed by atoms with Crippen LogP contribution in [0.15, 0.2) is 24.3 Å². The average Bonchev–Trinajstić information content (AvgIpc) is 2.63. The van der Waals surface area contributed by atoms with E-state index >= 15 is 0 Å². The number of nitrogens with two attached hydrogens (primary N) is 1. The van der Waals surface area contributed by atoms with Gasteiger partial charge in [-0.25, -0.2) is 4.39 Å². The van der Waals surface area contributed by atoms with E-state index in [0.29, 0.717) is 13.0 Å². The molecule has 1 aromatic rings. The molecule has 2 heteroatoms. The van der Waals surface area contributed by atoms with Gasteiger partial charge in [0.2, 0.25) is 0 Å². The average molecular weight is 205 g/mol. The highest BCUT2D eigenvalue weighted by atomic mass is 19.1. The number of allylic oxidation sites excluding steroid dienone is 1. The van der Waals surface area contributed by atoms with E-state index in [4.69, 9.17) is 5.73 Å². The molecular weight excluding hydrogens is 189 g/mol. The molecule has 0 heterocycles. The van der Waals surface area contributed by atoms with Gasteiger partial charge in [-0.3, -0.25) is 0 Å². The zero-order valence-electron chi connectivity index (χ0n) is 9.18. The molecule has 0 spiro atoms. The SMILES string of the molecule is CC(C)(CN)C1=CCc2c(F)cccc21. The normalized spacial score (nSPS) is 15.1. The number of halogens is 1. The van der Waals surface area contributed by atoms with Crippen molar-refractivity contribution in [3.05, 3.63) is 41.2 Å². The summed E-state index contributed by atoms with van der Waals surface area (Å²) in [5, 5.41) is 0. The third-order valence-electron chi connectivity index (χ3n) is 3.16. The molecule has 1 aliphatic rings. The minimum Gasteiger partial charge on any atom is -0.330 e. The van der Waals surface area contributed by atoms with E-state index in [1.54, 1.807) is 6.07 Å². The van der Waals surface area contributed by atoms with Gasteiger partial charge in [0.15, 0.2) is 0 Å². The maximum absolute atomic E-state index is 13.5. The summed E-state index contributed by atoms with van der Waals surface area (Å²) in [5.74, 6) is -0.105. The van der Waals surface area contributed by atoms with Gasteiger partial charge in [0, 0.05) is 12.0 Å². The van der Waals surface area contributed by atoms with Gasteiger partial charge in [-0.1, -0.05) is 32.1 Å². The van der Waals surface area contributed by atoms with Gasteiger partial charge in [-0.15, -0.1) is 0 Å². The summed E-state index contributed by atoms with van der Waals surface area (Å²) in [6.45, 7) is 4.77. The molecule has 0 bridgehead atoms. The van der Waals surface area contributed by atoms with Gasteiger partial charge in [-0.05, 0) is 29.2 Å². The Balaban J connectivity index is 2.48. The molecule has 0 aliphatic heterocycles. The van der Waals surface area contributed by atoms with Gasteiger partial charge >= 0.3 is 0 Å². The van der Waals surface area contributed by atoms with Crippen molar-refractivity contribution in [3.8, 4) is 0 Å². The first-order chi connectivity index (χ1) is 7.06. The number of rotatable bonds is 2. The molecule has 0 fully saturated rings. The molecule has 0 aromatic heterocycles. The number of fused-ring (bicyclic) bond motifs is 1. The molecule has 1 nitrogen and oxygen atoms in total. The molecule has 80 valence electrons. The smallest absolute Gasteiger partial charge is 0.127 e. The van der Waals surface area contributed by atoms with Crippen molar-refractivity contribution < 1.29 is 4.39 Å².